The van der Waals surface area contributed by atoms with Crippen LogP contribution in [0.4, 0.5) is 0 Å². The number of nitrogens with one attached hydrogen (secondary N) is 2. The molecule has 1 aliphatic rings. The Labute approximate surface area is 164 Å². The molecule has 1 heterocycles. The van der Waals surface area contributed by atoms with Gasteiger partial charge in [0.15, 0.2) is 5.96 Å². The highest BCUT2D eigenvalue weighted by molar-refractivity contribution is 14.0. The van der Waals surface area contributed by atoms with Crippen LogP contribution < -0.4 is 10.6 Å². The van der Waals surface area contributed by atoms with Crippen LogP contribution in [0.1, 0.15) is 37.2 Å². The van der Waals surface area contributed by atoms with Crippen molar-refractivity contribution in [1.29, 1.82) is 0 Å². The summed E-state index contributed by atoms with van der Waals surface area (Å²) in [7, 11) is 0. The van der Waals surface area contributed by atoms with E-state index in [4.69, 9.17) is 0 Å². The number of thiophene rings is 1. The van der Waals surface area contributed by atoms with Crippen molar-refractivity contribution < 1.29 is 5.11 Å². The fraction of sp³-hybridized carbons (Fsp3) is 0.500. The molecule has 0 bridgehead atoms. The number of hydrogen-bond acceptors (Lipinski definition) is 3. The second-order valence-electron chi connectivity index (χ2n) is 6.08. The predicted molar refractivity (Wildman–Crippen MR) is 114 cm³/mol. The maximum Gasteiger partial charge on any atom is 0.191 e. The van der Waals surface area contributed by atoms with Crippen molar-refractivity contribution in [1.82, 2.24) is 10.6 Å². The minimum absolute atomic E-state index is 0. The van der Waals surface area contributed by atoms with E-state index in [1.807, 2.05) is 12.1 Å². The van der Waals surface area contributed by atoms with Crippen molar-refractivity contribution >= 4 is 51.4 Å². The van der Waals surface area contributed by atoms with Crippen molar-refractivity contribution in [3.8, 4) is 0 Å². The van der Waals surface area contributed by atoms with Gasteiger partial charge < -0.3 is 15.7 Å². The minimum atomic E-state index is -0.550. The Kier molecular flexibility index (Phi) is 7.77. The van der Waals surface area contributed by atoms with E-state index in [2.05, 4.69) is 40.7 Å². The van der Waals surface area contributed by atoms with Crippen LogP contribution in [-0.4, -0.2) is 30.7 Å². The normalized spacial score (nSPS) is 15.8. The van der Waals surface area contributed by atoms with Gasteiger partial charge in [-0.2, -0.15) is 0 Å². The quantitative estimate of drug-likeness (QED) is 0.335. The first-order valence-corrected chi connectivity index (χ1v) is 9.26. The molecule has 2 aromatic rings. The lowest BCUT2D eigenvalue weighted by Crippen LogP contribution is -2.38. The van der Waals surface area contributed by atoms with Gasteiger partial charge in [0, 0.05) is 22.7 Å². The Morgan fingerprint density at radius 3 is 2.83 bits per heavy atom. The van der Waals surface area contributed by atoms with E-state index in [1.54, 1.807) is 11.3 Å². The van der Waals surface area contributed by atoms with Crippen LogP contribution in [0.2, 0.25) is 0 Å². The number of aliphatic hydroxyl groups excluding tert-OH is 1. The van der Waals surface area contributed by atoms with Gasteiger partial charge in [0.1, 0.15) is 6.10 Å². The van der Waals surface area contributed by atoms with E-state index in [1.165, 1.54) is 29.3 Å². The fourth-order valence-corrected chi connectivity index (χ4v) is 3.62. The maximum absolute atomic E-state index is 10.4. The van der Waals surface area contributed by atoms with Crippen LogP contribution in [0.5, 0.6) is 0 Å². The van der Waals surface area contributed by atoms with Gasteiger partial charge in [-0.05, 0) is 36.8 Å². The summed E-state index contributed by atoms with van der Waals surface area (Å²) < 4.78 is 1.21. The number of aliphatic hydroxyl groups is 1. The molecule has 1 aromatic heterocycles. The van der Waals surface area contributed by atoms with Crippen LogP contribution in [0.25, 0.3) is 10.1 Å². The number of halogens is 1. The van der Waals surface area contributed by atoms with Gasteiger partial charge in [0.2, 0.25) is 0 Å². The molecular weight excluding hydrogens is 433 g/mol. The molecule has 1 aromatic carbocycles. The zero-order chi connectivity index (χ0) is 16.1. The number of nitrogens with zero attached hydrogens (tertiary/aromatic N) is 1. The number of rotatable bonds is 7. The molecule has 3 rings (SSSR count). The molecule has 24 heavy (non-hydrogen) atoms. The smallest absolute Gasteiger partial charge is 0.191 e. The standard InChI is InChI=1S/C18H25N3OS.HI/c1-2-19-18(20-10-9-13-7-8-13)21-12-15(22)17-11-14-5-3-4-6-16(14)23-17;/h3-6,11,13,15,22H,2,7-10,12H2,1H3,(H2,19,20,21);1H. The molecule has 132 valence electrons. The molecule has 0 radical (unpaired) electrons. The fourth-order valence-electron chi connectivity index (χ4n) is 2.58. The van der Waals surface area contributed by atoms with E-state index in [0.717, 1.165) is 29.8 Å². The molecule has 0 aliphatic heterocycles. The highest BCUT2D eigenvalue weighted by atomic mass is 127. The number of fused-ring (bicyclic) bond motifs is 1. The average molecular weight is 459 g/mol. The van der Waals surface area contributed by atoms with E-state index in [-0.39, 0.29) is 24.0 Å². The van der Waals surface area contributed by atoms with E-state index >= 15 is 0 Å². The Morgan fingerprint density at radius 1 is 1.33 bits per heavy atom. The number of guanidine groups is 1. The van der Waals surface area contributed by atoms with Gasteiger partial charge in [-0.15, -0.1) is 35.3 Å². The van der Waals surface area contributed by atoms with Crippen LogP contribution in [0.3, 0.4) is 0 Å². The minimum Gasteiger partial charge on any atom is -0.386 e. The van der Waals surface area contributed by atoms with Gasteiger partial charge in [-0.25, -0.2) is 0 Å². The highest BCUT2D eigenvalue weighted by Crippen LogP contribution is 2.31. The number of hydrogen-bond donors (Lipinski definition) is 3. The molecule has 1 saturated carbocycles. The molecule has 1 unspecified atom stereocenters. The summed E-state index contributed by atoms with van der Waals surface area (Å²) in [6.45, 7) is 4.22. The Balaban J connectivity index is 0.00000208. The van der Waals surface area contributed by atoms with E-state index in [0.29, 0.717) is 6.54 Å². The Bertz CT molecular complexity index is 636. The molecule has 1 atom stereocenters. The number of aliphatic imine (C=N–C) groups is 1. The molecule has 0 spiro atoms. The summed E-state index contributed by atoms with van der Waals surface area (Å²) in [6, 6.07) is 10.3. The Morgan fingerprint density at radius 2 is 2.12 bits per heavy atom. The molecule has 1 aliphatic carbocycles. The van der Waals surface area contributed by atoms with Gasteiger partial charge >= 0.3 is 0 Å². The lowest BCUT2D eigenvalue weighted by molar-refractivity contribution is 0.191. The molecule has 0 amide bonds. The lowest BCUT2D eigenvalue weighted by atomic mass is 10.2. The van der Waals surface area contributed by atoms with Crippen LogP contribution in [0, 0.1) is 5.92 Å². The number of benzene rings is 1. The summed E-state index contributed by atoms with van der Waals surface area (Å²) in [4.78, 5) is 5.50. The van der Waals surface area contributed by atoms with Crippen molar-refractivity contribution in [3.05, 3.63) is 35.2 Å². The first-order chi connectivity index (χ1) is 11.3. The predicted octanol–water partition coefficient (Wildman–Crippen LogP) is 3.91. The summed E-state index contributed by atoms with van der Waals surface area (Å²) in [5.74, 6) is 1.71. The zero-order valence-electron chi connectivity index (χ0n) is 14.0. The second kappa shape index (κ2) is 9.58. The lowest BCUT2D eigenvalue weighted by Gasteiger charge is -2.12. The van der Waals surface area contributed by atoms with Crippen LogP contribution >= 0.6 is 35.3 Å². The third-order valence-electron chi connectivity index (χ3n) is 4.08. The topological polar surface area (TPSA) is 56.7 Å². The summed E-state index contributed by atoms with van der Waals surface area (Å²) >= 11 is 1.64. The van der Waals surface area contributed by atoms with Gasteiger partial charge in [0.25, 0.3) is 0 Å². The third-order valence-corrected chi connectivity index (χ3v) is 5.30. The van der Waals surface area contributed by atoms with Crippen LogP contribution in [0.15, 0.2) is 35.3 Å². The van der Waals surface area contributed by atoms with Gasteiger partial charge in [-0.3, -0.25) is 4.99 Å². The molecule has 4 nitrogen and oxygen atoms in total. The van der Waals surface area contributed by atoms with Crippen molar-refractivity contribution in [3.63, 3.8) is 0 Å². The third kappa shape index (κ3) is 5.60. The molecule has 0 saturated heterocycles. The second-order valence-corrected chi connectivity index (χ2v) is 7.20. The Hall–Kier alpha value is -0.860. The van der Waals surface area contributed by atoms with Crippen molar-refractivity contribution in [2.75, 3.05) is 19.6 Å². The maximum atomic E-state index is 10.4. The van der Waals surface area contributed by atoms with Crippen molar-refractivity contribution in [2.24, 2.45) is 10.9 Å². The van der Waals surface area contributed by atoms with E-state index in [9.17, 15) is 5.11 Å². The zero-order valence-corrected chi connectivity index (χ0v) is 17.1. The van der Waals surface area contributed by atoms with E-state index < -0.39 is 6.10 Å². The van der Waals surface area contributed by atoms with Crippen molar-refractivity contribution in [2.45, 2.75) is 32.3 Å². The largest absolute Gasteiger partial charge is 0.386 e. The van der Waals surface area contributed by atoms with Gasteiger partial charge in [0.05, 0.1) is 6.54 Å². The molecular formula is C18H26IN3OS. The van der Waals surface area contributed by atoms with Crippen LogP contribution in [-0.2, 0) is 0 Å². The molecule has 1 fully saturated rings. The van der Waals surface area contributed by atoms with Gasteiger partial charge in [-0.1, -0.05) is 31.0 Å². The SMILES string of the molecule is CCNC(=NCC(O)c1cc2ccccc2s1)NCCC1CC1.I. The highest BCUT2D eigenvalue weighted by Gasteiger charge is 2.20. The summed E-state index contributed by atoms with van der Waals surface area (Å²) in [6.07, 6.45) is 3.41. The average Bonchev–Trinajstić information content (AvgIpc) is 3.27. The molecule has 3 N–H and O–H groups in total. The monoisotopic (exact) mass is 459 g/mol. The first-order valence-electron chi connectivity index (χ1n) is 8.45. The molecule has 6 heteroatoms. The summed E-state index contributed by atoms with van der Waals surface area (Å²) in [5, 5.41) is 18.2. The first kappa shape index (κ1) is 19.5. The summed E-state index contributed by atoms with van der Waals surface area (Å²) in [5.41, 5.74) is 0.